The summed E-state index contributed by atoms with van der Waals surface area (Å²) in [5, 5.41) is 0. The second kappa shape index (κ2) is 6.64. The minimum atomic E-state index is -3.67. The van der Waals surface area contributed by atoms with Crippen LogP contribution in [-0.4, -0.2) is 6.68 Å². The van der Waals surface area contributed by atoms with E-state index in [9.17, 15) is 13.2 Å². The van der Waals surface area contributed by atoms with Gasteiger partial charge in [0, 0.05) is 8.99 Å². The lowest BCUT2D eigenvalue weighted by molar-refractivity contribution is 0.00818. The van der Waals surface area contributed by atoms with Crippen LogP contribution in [0.25, 0.3) is 0 Å². The largest absolute Gasteiger partial charge is 0.379 e. The molecule has 1 aliphatic rings. The van der Waals surface area contributed by atoms with E-state index in [1.807, 2.05) is 0 Å². The zero-order valence-corrected chi connectivity index (χ0v) is 14.7. The van der Waals surface area contributed by atoms with Crippen molar-refractivity contribution in [2.45, 2.75) is 54.6 Å². The summed E-state index contributed by atoms with van der Waals surface area (Å²) in [6.07, 6.45) is 8.25. The van der Waals surface area contributed by atoms with E-state index in [2.05, 4.69) is 82.4 Å². The Bertz CT molecular complexity index is 327. The first kappa shape index (κ1) is 19.0. The van der Waals surface area contributed by atoms with E-state index in [0.29, 0.717) is 10.8 Å². The lowest BCUT2D eigenvalue weighted by atomic mass is 9.52. The van der Waals surface area contributed by atoms with Gasteiger partial charge in [0.25, 0.3) is 0 Å². The topological polar surface area (TPSA) is 0 Å². The van der Waals surface area contributed by atoms with Gasteiger partial charge in [-0.15, -0.1) is 0 Å². The Labute approximate surface area is 128 Å². The minimum Gasteiger partial charge on any atom is -0.174 e. The fraction of sp³-hybridized carbons (Fsp3) is 0.733. The van der Waals surface area contributed by atoms with Crippen LogP contribution in [0, 0.1) is 16.2 Å². The average Bonchev–Trinajstić information content (AvgIpc) is 2.13. The van der Waals surface area contributed by atoms with Crippen molar-refractivity contribution in [3.63, 3.8) is 0 Å². The molecule has 0 bridgehead atoms. The molecule has 112 valence electrons. The molecule has 0 saturated carbocycles. The highest BCUT2D eigenvalue weighted by molar-refractivity contribution is 14.1. The van der Waals surface area contributed by atoms with Crippen LogP contribution >= 0.6 is 22.6 Å². The molecular weight excluding hydrogens is 364 g/mol. The molecule has 19 heavy (non-hydrogen) atoms. The summed E-state index contributed by atoms with van der Waals surface area (Å²) in [6.45, 7) is 10.5. The monoisotopic (exact) mass is 388 g/mol. The number of halogens is 4. The van der Waals surface area contributed by atoms with Crippen molar-refractivity contribution < 1.29 is 13.2 Å². The number of allylic oxidation sites excluding steroid dienone is 4. The zero-order valence-electron chi connectivity index (χ0n) is 12.5. The van der Waals surface area contributed by atoms with Gasteiger partial charge in [0.2, 0.25) is 0 Å². The van der Waals surface area contributed by atoms with Gasteiger partial charge in [-0.05, 0) is 39.8 Å². The summed E-state index contributed by atoms with van der Waals surface area (Å²) in [7, 11) is 0. The first-order valence-electron chi connectivity index (χ1n) is 6.30. The van der Waals surface area contributed by atoms with Crippen LogP contribution in [0.3, 0.4) is 0 Å². The third-order valence-corrected chi connectivity index (χ3v) is 4.62. The standard InChI is InChI=1S/C14H23I.CHF3/c1-12(2,3)14(13(4,5)6)9-7-11(15)8-10-14;2-1(3)4/h7-9H,10H2,1-6H3;1H. The van der Waals surface area contributed by atoms with Gasteiger partial charge in [0.05, 0.1) is 0 Å². The predicted octanol–water partition coefficient (Wildman–Crippen LogP) is 6.52. The second-order valence-corrected chi connectivity index (χ2v) is 8.09. The molecule has 0 aromatic rings. The molecule has 1 aliphatic carbocycles. The SMILES string of the molecule is CC(C)(C)C1(C(C)(C)C)C=CC(I)=CC1.FC(F)F. The van der Waals surface area contributed by atoms with Gasteiger partial charge >= 0.3 is 6.68 Å². The second-order valence-electron chi connectivity index (χ2n) is 6.85. The highest BCUT2D eigenvalue weighted by Crippen LogP contribution is 2.56. The average molecular weight is 388 g/mol. The van der Waals surface area contributed by atoms with E-state index in [4.69, 9.17) is 0 Å². The Morgan fingerprint density at radius 2 is 1.42 bits per heavy atom. The van der Waals surface area contributed by atoms with E-state index < -0.39 is 6.68 Å². The number of hydrogen-bond donors (Lipinski definition) is 0. The molecule has 0 aromatic heterocycles. The normalized spacial score (nSPS) is 18.8. The fourth-order valence-electron chi connectivity index (χ4n) is 2.85. The Hall–Kier alpha value is -0.0000000000000000555. The zero-order chi connectivity index (χ0) is 15.5. The van der Waals surface area contributed by atoms with Crippen molar-refractivity contribution in [3.05, 3.63) is 21.8 Å². The van der Waals surface area contributed by atoms with Gasteiger partial charge in [-0.2, -0.15) is 13.2 Å². The first-order chi connectivity index (χ1) is 8.33. The smallest absolute Gasteiger partial charge is 0.174 e. The van der Waals surface area contributed by atoms with Gasteiger partial charge in [0.15, 0.2) is 0 Å². The Morgan fingerprint density at radius 1 is 1.05 bits per heavy atom. The van der Waals surface area contributed by atoms with E-state index in [1.165, 1.54) is 3.58 Å². The van der Waals surface area contributed by atoms with Crippen LogP contribution in [0.5, 0.6) is 0 Å². The van der Waals surface area contributed by atoms with E-state index in [-0.39, 0.29) is 5.41 Å². The summed E-state index contributed by atoms with van der Waals surface area (Å²) >= 11 is 2.40. The molecule has 0 saturated heterocycles. The Balaban J connectivity index is 0.000000711. The van der Waals surface area contributed by atoms with E-state index in [1.54, 1.807) is 0 Å². The summed E-state index contributed by atoms with van der Waals surface area (Å²) < 4.78 is 30.4. The molecule has 0 atom stereocenters. The molecule has 0 N–H and O–H groups in total. The molecule has 0 aliphatic heterocycles. The Kier molecular flexibility index (Phi) is 6.64. The van der Waals surface area contributed by atoms with Crippen molar-refractivity contribution in [3.8, 4) is 0 Å². The molecule has 0 unspecified atom stereocenters. The highest BCUT2D eigenvalue weighted by atomic mass is 127. The summed E-state index contributed by atoms with van der Waals surface area (Å²) in [6, 6.07) is 0. The number of hydrogen-bond acceptors (Lipinski definition) is 0. The van der Waals surface area contributed by atoms with Crippen LogP contribution in [0.2, 0.25) is 0 Å². The van der Waals surface area contributed by atoms with Gasteiger partial charge in [0.1, 0.15) is 0 Å². The van der Waals surface area contributed by atoms with Gasteiger partial charge in [-0.1, -0.05) is 59.8 Å². The number of rotatable bonds is 0. The third kappa shape index (κ3) is 5.12. The third-order valence-electron chi connectivity index (χ3n) is 3.82. The van der Waals surface area contributed by atoms with Crippen molar-refractivity contribution in [2.75, 3.05) is 0 Å². The summed E-state index contributed by atoms with van der Waals surface area (Å²) in [5.74, 6) is 0. The quantitative estimate of drug-likeness (QED) is 0.415. The summed E-state index contributed by atoms with van der Waals surface area (Å²) in [5.41, 5.74) is 0.875. The van der Waals surface area contributed by atoms with E-state index >= 15 is 0 Å². The lowest BCUT2D eigenvalue weighted by Crippen LogP contribution is -2.45. The maximum Gasteiger partial charge on any atom is 0.379 e. The van der Waals surface area contributed by atoms with Gasteiger partial charge < -0.3 is 0 Å². The van der Waals surface area contributed by atoms with Gasteiger partial charge in [-0.25, -0.2) is 0 Å². The van der Waals surface area contributed by atoms with E-state index in [0.717, 1.165) is 6.42 Å². The fourth-order valence-corrected chi connectivity index (χ4v) is 3.25. The van der Waals surface area contributed by atoms with Crippen molar-refractivity contribution in [1.82, 2.24) is 0 Å². The molecule has 0 amide bonds. The van der Waals surface area contributed by atoms with Gasteiger partial charge in [-0.3, -0.25) is 0 Å². The number of alkyl halides is 3. The molecule has 0 radical (unpaired) electrons. The molecule has 0 heterocycles. The summed E-state index contributed by atoms with van der Waals surface area (Å²) in [4.78, 5) is 0. The first-order valence-corrected chi connectivity index (χ1v) is 7.38. The minimum absolute atomic E-state index is 0.272. The molecule has 0 nitrogen and oxygen atoms in total. The molecular formula is C15H24F3I. The van der Waals surface area contributed by atoms with Crippen molar-refractivity contribution >= 4 is 22.6 Å². The Morgan fingerprint density at radius 3 is 1.63 bits per heavy atom. The van der Waals surface area contributed by atoms with Crippen LogP contribution in [0.1, 0.15) is 48.0 Å². The van der Waals surface area contributed by atoms with Crippen LogP contribution in [0.4, 0.5) is 13.2 Å². The van der Waals surface area contributed by atoms with Crippen molar-refractivity contribution in [1.29, 1.82) is 0 Å². The predicted molar refractivity (Wildman–Crippen MR) is 84.3 cm³/mol. The molecule has 0 aromatic carbocycles. The molecule has 0 spiro atoms. The maximum atomic E-state index is 9.67. The highest BCUT2D eigenvalue weighted by Gasteiger charge is 2.48. The van der Waals surface area contributed by atoms with Crippen LogP contribution in [0.15, 0.2) is 21.8 Å². The molecule has 4 heteroatoms. The van der Waals surface area contributed by atoms with Crippen LogP contribution < -0.4 is 0 Å². The molecule has 0 fully saturated rings. The maximum absolute atomic E-state index is 9.67. The van der Waals surface area contributed by atoms with Crippen molar-refractivity contribution in [2.24, 2.45) is 16.2 Å². The molecule has 1 rings (SSSR count). The lowest BCUT2D eigenvalue weighted by Gasteiger charge is -2.53. The van der Waals surface area contributed by atoms with Crippen LogP contribution in [-0.2, 0) is 0 Å².